The number of hydrogen-bond acceptors (Lipinski definition) is 11. The Labute approximate surface area is 325 Å². The first-order chi connectivity index (χ1) is 26.4. The second-order valence-electron chi connectivity index (χ2n) is 14.6. The Morgan fingerprint density at radius 1 is 0.927 bits per heavy atom. The van der Waals surface area contributed by atoms with E-state index >= 15 is 0 Å². The van der Waals surface area contributed by atoms with Crippen LogP contribution in [0, 0.1) is 13.8 Å². The molecular weight excluding hydrogens is 723 g/mol. The van der Waals surface area contributed by atoms with Crippen LogP contribution >= 0.6 is 0 Å². The van der Waals surface area contributed by atoms with Gasteiger partial charge in [-0.3, -0.25) is 4.79 Å². The van der Waals surface area contributed by atoms with E-state index in [9.17, 15) is 13.2 Å². The number of aromatic nitrogens is 2. The zero-order valence-electron chi connectivity index (χ0n) is 33.1. The van der Waals surface area contributed by atoms with Gasteiger partial charge < -0.3 is 38.6 Å². The third-order valence-corrected chi connectivity index (χ3v) is 11.7. The quantitative estimate of drug-likeness (QED) is 0.110. The molecule has 0 spiro atoms. The minimum Gasteiger partial charge on any atom is -0.493 e. The monoisotopic (exact) mass is 777 g/mol. The largest absolute Gasteiger partial charge is 0.493 e. The SMILES string of the molecule is CCOCCn1c(NC2CCN(CCC3(c4ccc(C)c(C)c4)CCN(C(=O)c4cc(OC)c(OC)c(OC)c4)C3OS(C)(=O)=O)CC2)nc2ccccc21. The summed E-state index contributed by atoms with van der Waals surface area (Å²) in [6.07, 6.45) is 2.89. The van der Waals surface area contributed by atoms with E-state index in [2.05, 4.69) is 52.9 Å². The van der Waals surface area contributed by atoms with Crippen molar-refractivity contribution in [3.05, 3.63) is 76.9 Å². The Hall–Kier alpha value is -4.37. The van der Waals surface area contributed by atoms with Gasteiger partial charge in [-0.1, -0.05) is 30.3 Å². The second kappa shape index (κ2) is 17.2. The first-order valence-corrected chi connectivity index (χ1v) is 20.8. The molecule has 0 bridgehead atoms. The van der Waals surface area contributed by atoms with Gasteiger partial charge in [0, 0.05) is 49.8 Å². The van der Waals surface area contributed by atoms with Crippen LogP contribution < -0.4 is 19.5 Å². The van der Waals surface area contributed by atoms with Crippen molar-refractivity contribution in [2.24, 2.45) is 0 Å². The average molecular weight is 778 g/mol. The molecule has 2 saturated heterocycles. The number of para-hydroxylation sites is 2. The van der Waals surface area contributed by atoms with Crippen molar-refractivity contribution >= 4 is 33.0 Å². The average Bonchev–Trinajstić information content (AvgIpc) is 3.71. The summed E-state index contributed by atoms with van der Waals surface area (Å²) in [5.41, 5.74) is 4.67. The topological polar surface area (TPSA) is 134 Å². The van der Waals surface area contributed by atoms with Crippen molar-refractivity contribution < 1.29 is 36.3 Å². The van der Waals surface area contributed by atoms with E-state index in [-0.39, 0.29) is 11.6 Å². The first-order valence-electron chi connectivity index (χ1n) is 19.0. The van der Waals surface area contributed by atoms with E-state index < -0.39 is 27.7 Å². The van der Waals surface area contributed by atoms with Crippen LogP contribution in [-0.4, -0.2) is 113 Å². The van der Waals surface area contributed by atoms with Crippen LogP contribution in [0.4, 0.5) is 5.95 Å². The van der Waals surface area contributed by atoms with Crippen LogP contribution in [0.25, 0.3) is 11.0 Å². The summed E-state index contributed by atoms with van der Waals surface area (Å²) in [4.78, 5) is 23.3. The Morgan fingerprint density at radius 2 is 1.64 bits per heavy atom. The highest BCUT2D eigenvalue weighted by Gasteiger charge is 2.53. The first kappa shape index (κ1) is 40.3. The van der Waals surface area contributed by atoms with Gasteiger partial charge in [-0.05, 0) is 94.0 Å². The Morgan fingerprint density at radius 3 is 2.27 bits per heavy atom. The summed E-state index contributed by atoms with van der Waals surface area (Å²) in [5.74, 6) is 1.47. The molecular formula is C41H55N5O8S. The number of fused-ring (bicyclic) bond motifs is 1. The lowest BCUT2D eigenvalue weighted by molar-refractivity contribution is 0.0138. The molecule has 1 aromatic heterocycles. The van der Waals surface area contributed by atoms with E-state index in [0.717, 1.165) is 65.9 Å². The number of amides is 1. The van der Waals surface area contributed by atoms with Crippen LogP contribution in [0.5, 0.6) is 17.2 Å². The number of likely N-dealkylation sites (tertiary alicyclic amines) is 2. The van der Waals surface area contributed by atoms with Crippen molar-refractivity contribution in [1.29, 1.82) is 0 Å². The van der Waals surface area contributed by atoms with Gasteiger partial charge >= 0.3 is 0 Å². The number of nitrogens with zero attached hydrogens (tertiary/aromatic N) is 4. The summed E-state index contributed by atoms with van der Waals surface area (Å²) in [5, 5.41) is 3.73. The lowest BCUT2D eigenvalue weighted by Crippen LogP contribution is -2.50. The van der Waals surface area contributed by atoms with Gasteiger partial charge in [0.05, 0.1) is 45.2 Å². The number of hydrogen-bond donors (Lipinski definition) is 1. The number of ether oxygens (including phenoxy) is 4. The maximum absolute atomic E-state index is 14.4. The fraction of sp³-hybridized carbons (Fsp3) is 0.512. The van der Waals surface area contributed by atoms with Crippen LogP contribution in [0.15, 0.2) is 54.6 Å². The Kier molecular flexibility index (Phi) is 12.6. The highest BCUT2D eigenvalue weighted by atomic mass is 32.2. The van der Waals surface area contributed by atoms with E-state index in [1.807, 2.05) is 25.1 Å². The molecule has 2 fully saturated rings. The summed E-state index contributed by atoms with van der Waals surface area (Å²) < 4.78 is 56.5. The number of nitrogens with one attached hydrogen (secondary N) is 1. The number of anilines is 1. The minimum atomic E-state index is -3.99. The molecule has 0 radical (unpaired) electrons. The van der Waals surface area contributed by atoms with Crippen molar-refractivity contribution in [2.45, 2.75) is 70.7 Å². The number of methoxy groups -OCH3 is 3. The van der Waals surface area contributed by atoms with Crippen molar-refractivity contribution in [2.75, 3.05) is 72.3 Å². The summed E-state index contributed by atoms with van der Waals surface area (Å²) in [6, 6.07) is 17.8. The number of piperidine rings is 1. The maximum atomic E-state index is 14.4. The molecule has 13 nitrogen and oxygen atoms in total. The molecule has 2 atom stereocenters. The number of carbonyl (C=O) groups is 1. The highest BCUT2D eigenvalue weighted by Crippen LogP contribution is 2.46. The van der Waals surface area contributed by atoms with Crippen LogP contribution in [-0.2, 0) is 31.0 Å². The van der Waals surface area contributed by atoms with Gasteiger partial charge in [0.15, 0.2) is 17.7 Å². The number of carbonyl (C=O) groups excluding carboxylic acids is 1. The normalized spacial score (nSPS) is 19.5. The molecule has 2 aliphatic rings. The van der Waals surface area contributed by atoms with Crippen LogP contribution in [0.1, 0.15) is 59.7 Å². The number of imidazole rings is 1. The molecule has 2 unspecified atom stereocenters. The van der Waals surface area contributed by atoms with Crippen LogP contribution in [0.2, 0.25) is 0 Å². The maximum Gasteiger partial charge on any atom is 0.266 e. The predicted molar refractivity (Wildman–Crippen MR) is 213 cm³/mol. The summed E-state index contributed by atoms with van der Waals surface area (Å²) >= 11 is 0. The van der Waals surface area contributed by atoms with E-state index in [1.54, 1.807) is 17.0 Å². The second-order valence-corrected chi connectivity index (χ2v) is 16.2. The van der Waals surface area contributed by atoms with Gasteiger partial charge in [-0.2, -0.15) is 8.42 Å². The fourth-order valence-electron chi connectivity index (χ4n) is 8.03. The molecule has 1 N–H and O–H groups in total. The van der Waals surface area contributed by atoms with Crippen molar-refractivity contribution in [3.63, 3.8) is 0 Å². The molecule has 0 saturated carbocycles. The van der Waals surface area contributed by atoms with E-state index in [4.69, 9.17) is 28.1 Å². The number of benzene rings is 3. The van der Waals surface area contributed by atoms with Crippen molar-refractivity contribution in [1.82, 2.24) is 19.4 Å². The molecule has 55 heavy (non-hydrogen) atoms. The zero-order valence-corrected chi connectivity index (χ0v) is 33.9. The standard InChI is InChI=1S/C41H55N5O8S/c1-8-53-24-23-45-34-12-10-9-11-33(34)43-40(45)42-32-15-19-44(20-16-32)21-17-41(31-14-13-28(2)29(3)25-31)18-22-46(39(41)54-55(7,48)49)38(47)30-26-35(50-4)37(52-6)36(27-30)51-5/h9-14,25-27,32,39H,8,15-24H2,1-7H3,(H,42,43). The van der Waals surface area contributed by atoms with Gasteiger partial charge in [-0.15, -0.1) is 0 Å². The number of aryl methyl sites for hydroxylation is 2. The molecule has 3 heterocycles. The Balaban J connectivity index is 1.24. The molecule has 14 heteroatoms. The Bertz CT molecular complexity index is 2050. The van der Waals surface area contributed by atoms with Crippen LogP contribution in [0.3, 0.4) is 0 Å². The van der Waals surface area contributed by atoms with Gasteiger partial charge in [0.2, 0.25) is 11.7 Å². The van der Waals surface area contributed by atoms with E-state index in [1.165, 1.54) is 21.3 Å². The molecule has 1 amide bonds. The molecule has 4 aromatic rings. The van der Waals surface area contributed by atoms with Crippen molar-refractivity contribution in [3.8, 4) is 17.2 Å². The van der Waals surface area contributed by atoms with Gasteiger partial charge in [0.25, 0.3) is 16.0 Å². The molecule has 6 rings (SSSR count). The molecule has 2 aliphatic heterocycles. The summed E-state index contributed by atoms with van der Waals surface area (Å²) in [7, 11) is 0.480. The minimum absolute atomic E-state index is 0.243. The van der Waals surface area contributed by atoms with E-state index in [0.29, 0.717) is 62.9 Å². The molecule has 0 aliphatic carbocycles. The van der Waals surface area contributed by atoms with Gasteiger partial charge in [-0.25, -0.2) is 9.17 Å². The smallest absolute Gasteiger partial charge is 0.266 e. The lowest BCUT2D eigenvalue weighted by Gasteiger charge is -2.40. The predicted octanol–water partition coefficient (Wildman–Crippen LogP) is 5.77. The fourth-order valence-corrected chi connectivity index (χ4v) is 8.65. The zero-order chi connectivity index (χ0) is 39.3. The highest BCUT2D eigenvalue weighted by molar-refractivity contribution is 7.86. The molecule has 298 valence electrons. The lowest BCUT2D eigenvalue weighted by atomic mass is 9.74. The third kappa shape index (κ3) is 8.72. The number of rotatable bonds is 16. The molecule has 3 aromatic carbocycles. The van der Waals surface area contributed by atoms with Gasteiger partial charge in [0.1, 0.15) is 0 Å². The summed E-state index contributed by atoms with van der Waals surface area (Å²) in [6.45, 7) is 10.8. The third-order valence-electron chi connectivity index (χ3n) is 11.2.